The Hall–Kier alpha value is -2.68. The van der Waals surface area contributed by atoms with Crippen LogP contribution in [0.2, 0.25) is 10.0 Å². The number of nitrogens with one attached hydrogen (secondary N) is 1. The van der Waals surface area contributed by atoms with Crippen molar-refractivity contribution in [2.45, 2.75) is 43.4 Å². The van der Waals surface area contributed by atoms with Crippen LogP contribution in [-0.4, -0.2) is 55.8 Å². The molecule has 0 saturated heterocycles. The number of aliphatic hydroxyl groups is 1. The van der Waals surface area contributed by atoms with Crippen LogP contribution in [-0.2, 0) is 9.53 Å². The Morgan fingerprint density at radius 1 is 1.32 bits per heavy atom. The van der Waals surface area contributed by atoms with Crippen LogP contribution in [0.15, 0.2) is 35.5 Å². The highest BCUT2D eigenvalue weighted by Crippen LogP contribution is 2.41. The maximum absolute atomic E-state index is 14.8. The third kappa shape index (κ3) is 7.00. The number of halogens is 3. The van der Waals surface area contributed by atoms with Crippen molar-refractivity contribution in [1.29, 1.82) is 0 Å². The second kappa shape index (κ2) is 11.8. The summed E-state index contributed by atoms with van der Waals surface area (Å²) >= 11 is 13.7. The Balaban J connectivity index is 1.40. The third-order valence-corrected chi connectivity index (χ3v) is 7.02. The number of benzene rings is 2. The molecule has 2 aromatic carbocycles. The first kappa shape index (κ1) is 27.4. The zero-order chi connectivity index (χ0) is 26.6. The molecule has 0 atom stereocenters. The molecule has 1 fully saturated rings. The first-order valence-electron chi connectivity index (χ1n) is 11.5. The fraction of sp³-hybridized carbons (Fsp3) is 0.360. The van der Waals surface area contributed by atoms with Crippen molar-refractivity contribution in [3.05, 3.63) is 57.3 Å². The van der Waals surface area contributed by atoms with Gasteiger partial charge in [0.2, 0.25) is 11.1 Å². The molecule has 0 bridgehead atoms. The molecule has 1 amide bonds. The normalized spacial score (nSPS) is 13.2. The second-order valence-electron chi connectivity index (χ2n) is 8.82. The smallest absolute Gasteiger partial charge is 0.234 e. The minimum atomic E-state index is -0.884. The number of nitrogens with zero attached hydrogens (tertiary/aromatic N) is 4. The van der Waals surface area contributed by atoms with Gasteiger partial charge in [0.15, 0.2) is 5.82 Å². The van der Waals surface area contributed by atoms with E-state index in [1.807, 2.05) is 18.2 Å². The molecule has 0 spiro atoms. The molecule has 1 heterocycles. The largest absolute Gasteiger partial charge is 0.394 e. The third-order valence-electron chi connectivity index (χ3n) is 5.43. The van der Waals surface area contributed by atoms with Gasteiger partial charge in [0.25, 0.3) is 0 Å². The number of tetrazole rings is 1. The molecule has 194 valence electrons. The van der Waals surface area contributed by atoms with Gasteiger partial charge in [0.05, 0.1) is 40.9 Å². The molecule has 0 unspecified atom stereocenters. The summed E-state index contributed by atoms with van der Waals surface area (Å²) in [5, 5.41) is 23.8. The first-order chi connectivity index (χ1) is 17.7. The number of ether oxygens (including phenoxy) is 1. The molecule has 1 aromatic heterocycles. The number of rotatable bonds is 9. The van der Waals surface area contributed by atoms with E-state index < -0.39 is 17.3 Å². The number of anilines is 1. The average Bonchev–Trinajstić information content (AvgIpc) is 3.62. The van der Waals surface area contributed by atoms with Gasteiger partial charge in [0.1, 0.15) is 10.6 Å². The van der Waals surface area contributed by atoms with E-state index in [-0.39, 0.29) is 35.2 Å². The fourth-order valence-electron chi connectivity index (χ4n) is 3.40. The van der Waals surface area contributed by atoms with Crippen molar-refractivity contribution in [3.8, 4) is 17.5 Å². The summed E-state index contributed by atoms with van der Waals surface area (Å²) < 4.78 is 21.7. The van der Waals surface area contributed by atoms with Gasteiger partial charge in [0, 0.05) is 0 Å². The lowest BCUT2D eigenvalue weighted by molar-refractivity contribution is -0.113. The van der Waals surface area contributed by atoms with Gasteiger partial charge in [-0.3, -0.25) is 4.79 Å². The Labute approximate surface area is 227 Å². The predicted octanol–water partition coefficient (Wildman–Crippen LogP) is 4.86. The highest BCUT2D eigenvalue weighted by molar-refractivity contribution is 7.99. The van der Waals surface area contributed by atoms with Crippen LogP contribution in [0.5, 0.6) is 0 Å². The Bertz CT molecular complexity index is 1370. The van der Waals surface area contributed by atoms with Crippen LogP contribution in [0.25, 0.3) is 5.69 Å². The highest BCUT2D eigenvalue weighted by Gasteiger charge is 2.25. The molecule has 4 rings (SSSR count). The van der Waals surface area contributed by atoms with Crippen molar-refractivity contribution >= 4 is 46.6 Å². The minimum absolute atomic E-state index is 0.0476. The highest BCUT2D eigenvalue weighted by atomic mass is 35.5. The van der Waals surface area contributed by atoms with Gasteiger partial charge in [-0.1, -0.05) is 52.9 Å². The predicted molar refractivity (Wildman–Crippen MR) is 141 cm³/mol. The fourth-order valence-corrected chi connectivity index (χ4v) is 4.56. The number of amides is 1. The van der Waals surface area contributed by atoms with Crippen molar-refractivity contribution < 1.29 is 19.0 Å². The number of carbonyl (C=O) groups is 1. The van der Waals surface area contributed by atoms with E-state index in [0.717, 1.165) is 11.8 Å². The van der Waals surface area contributed by atoms with Crippen LogP contribution in [0.1, 0.15) is 43.7 Å². The number of thioether (sulfide) groups is 1. The van der Waals surface area contributed by atoms with Gasteiger partial charge in [-0.15, -0.1) is 5.10 Å². The summed E-state index contributed by atoms with van der Waals surface area (Å²) in [4.78, 5) is 12.6. The maximum Gasteiger partial charge on any atom is 0.234 e. The maximum atomic E-state index is 14.8. The number of aliphatic hydroxyl groups excluding tert-OH is 1. The SMILES string of the molecule is CC(C)(C#Cc1ccc(NC(=O)CSc2nnnn2-c2ccc(C3CC3)cc2Cl)c(Cl)c1F)OCCO. The Morgan fingerprint density at radius 2 is 2.11 bits per heavy atom. The molecule has 0 radical (unpaired) electrons. The van der Waals surface area contributed by atoms with Crippen molar-refractivity contribution in [3.63, 3.8) is 0 Å². The average molecular weight is 564 g/mol. The summed E-state index contributed by atoms with van der Waals surface area (Å²) in [6, 6.07) is 8.70. The van der Waals surface area contributed by atoms with E-state index >= 15 is 0 Å². The Kier molecular flexibility index (Phi) is 8.72. The van der Waals surface area contributed by atoms with Gasteiger partial charge in [-0.2, -0.15) is 4.68 Å². The van der Waals surface area contributed by atoms with Crippen molar-refractivity contribution in [2.24, 2.45) is 0 Å². The first-order valence-corrected chi connectivity index (χ1v) is 13.2. The van der Waals surface area contributed by atoms with Crippen molar-refractivity contribution in [1.82, 2.24) is 20.2 Å². The van der Waals surface area contributed by atoms with Gasteiger partial charge >= 0.3 is 0 Å². The number of hydrogen-bond acceptors (Lipinski definition) is 7. The molecule has 1 aliphatic rings. The lowest BCUT2D eigenvalue weighted by Gasteiger charge is -2.17. The molecular formula is C25H24Cl2FN5O3S. The molecule has 1 saturated carbocycles. The van der Waals surface area contributed by atoms with Crippen LogP contribution < -0.4 is 5.32 Å². The lowest BCUT2D eigenvalue weighted by Crippen LogP contribution is -2.23. The minimum Gasteiger partial charge on any atom is -0.394 e. The summed E-state index contributed by atoms with van der Waals surface area (Å²) in [7, 11) is 0. The zero-order valence-corrected chi connectivity index (χ0v) is 22.4. The lowest BCUT2D eigenvalue weighted by atomic mass is 10.1. The molecule has 1 aliphatic carbocycles. The molecule has 3 aromatic rings. The van der Waals surface area contributed by atoms with Gasteiger partial charge < -0.3 is 15.2 Å². The van der Waals surface area contributed by atoms with E-state index in [1.54, 1.807) is 13.8 Å². The van der Waals surface area contributed by atoms with E-state index in [2.05, 4.69) is 32.7 Å². The van der Waals surface area contributed by atoms with Crippen LogP contribution in [0.3, 0.4) is 0 Å². The number of hydrogen-bond donors (Lipinski definition) is 2. The summed E-state index contributed by atoms with van der Waals surface area (Å²) in [6.07, 6.45) is 2.33. The van der Waals surface area contributed by atoms with Gasteiger partial charge in [-0.25, -0.2) is 4.39 Å². The van der Waals surface area contributed by atoms with E-state index in [9.17, 15) is 9.18 Å². The Morgan fingerprint density at radius 3 is 2.81 bits per heavy atom. The van der Waals surface area contributed by atoms with E-state index in [0.29, 0.717) is 21.8 Å². The number of aromatic nitrogens is 4. The van der Waals surface area contributed by atoms with Crippen LogP contribution in [0.4, 0.5) is 10.1 Å². The molecule has 8 nitrogen and oxygen atoms in total. The standard InChI is InChI=1S/C25H24Cl2FN5O3S/c1-25(2,36-12-11-34)10-9-16-5-7-19(22(27)23(16)28)29-21(35)14-37-24-30-31-32-33(24)20-8-6-17(13-18(20)26)15-3-4-15/h5-8,13,15,34H,3-4,11-12,14H2,1-2H3,(H,29,35). The number of carbonyl (C=O) groups excluding carboxylic acids is 1. The van der Waals surface area contributed by atoms with E-state index in [1.165, 1.54) is 35.2 Å². The molecular weight excluding hydrogens is 540 g/mol. The summed E-state index contributed by atoms with van der Waals surface area (Å²) in [5.41, 5.74) is 1.09. The molecule has 37 heavy (non-hydrogen) atoms. The van der Waals surface area contributed by atoms with Crippen LogP contribution in [0, 0.1) is 17.7 Å². The molecule has 12 heteroatoms. The summed E-state index contributed by atoms with van der Waals surface area (Å²) in [6.45, 7) is 3.37. The molecule has 0 aliphatic heterocycles. The van der Waals surface area contributed by atoms with Gasteiger partial charge in [-0.05, 0) is 72.9 Å². The second-order valence-corrected chi connectivity index (χ2v) is 10.5. The molecule has 2 N–H and O–H groups in total. The summed E-state index contributed by atoms with van der Waals surface area (Å²) in [5.74, 6) is 4.84. The van der Waals surface area contributed by atoms with E-state index in [4.69, 9.17) is 33.0 Å². The van der Waals surface area contributed by atoms with Crippen LogP contribution >= 0.6 is 35.0 Å². The van der Waals surface area contributed by atoms with Crippen molar-refractivity contribution in [2.75, 3.05) is 24.3 Å². The zero-order valence-electron chi connectivity index (χ0n) is 20.1. The quantitative estimate of drug-likeness (QED) is 0.283. The topological polar surface area (TPSA) is 102 Å². The monoisotopic (exact) mass is 563 g/mol.